The molecule has 1 saturated heterocycles. The lowest BCUT2D eigenvalue weighted by Gasteiger charge is -2.12. The van der Waals surface area contributed by atoms with E-state index in [-0.39, 0.29) is 16.8 Å². The van der Waals surface area contributed by atoms with Crippen LogP contribution in [0.2, 0.25) is 0 Å². The second-order valence-electron chi connectivity index (χ2n) is 4.52. The first kappa shape index (κ1) is 14.3. The van der Waals surface area contributed by atoms with Crippen molar-refractivity contribution < 1.29 is 23.2 Å². The molecule has 1 atom stereocenters. The molecule has 1 fully saturated rings. The van der Waals surface area contributed by atoms with Crippen LogP contribution in [0.5, 0.6) is 0 Å². The Kier molecular flexibility index (Phi) is 3.67. The summed E-state index contributed by atoms with van der Waals surface area (Å²) in [6.07, 6.45) is -0.543. The number of hydrogen-bond acceptors (Lipinski definition) is 5. The van der Waals surface area contributed by atoms with Crippen LogP contribution in [0.15, 0.2) is 18.2 Å². The summed E-state index contributed by atoms with van der Waals surface area (Å²) in [6, 6.07) is 2.72. The molecule has 108 valence electrons. The zero-order valence-electron chi connectivity index (χ0n) is 10.6. The highest BCUT2D eigenvalue weighted by Crippen LogP contribution is 2.37. The van der Waals surface area contributed by atoms with Gasteiger partial charge in [0, 0.05) is 24.1 Å². The summed E-state index contributed by atoms with van der Waals surface area (Å²) in [5, 5.41) is 13.5. The Morgan fingerprint density at radius 1 is 1.55 bits per heavy atom. The van der Waals surface area contributed by atoms with E-state index in [0.717, 1.165) is 6.07 Å². The highest BCUT2D eigenvalue weighted by molar-refractivity contribution is 5.90. The van der Waals surface area contributed by atoms with Gasteiger partial charge in [0.1, 0.15) is 0 Å². The van der Waals surface area contributed by atoms with Crippen molar-refractivity contribution in [2.75, 3.05) is 13.7 Å². The number of hydrogen-bond donors (Lipinski definition) is 1. The maximum absolute atomic E-state index is 13.2. The first-order chi connectivity index (χ1) is 9.34. The normalized spacial score (nSPS) is 20.6. The zero-order valence-corrected chi connectivity index (χ0v) is 10.6. The van der Waals surface area contributed by atoms with Gasteiger partial charge in [-0.15, -0.1) is 0 Å². The van der Waals surface area contributed by atoms with Crippen LogP contribution in [0.25, 0.3) is 0 Å². The Labute approximate surface area is 112 Å². The molecule has 0 bridgehead atoms. The van der Waals surface area contributed by atoms with Crippen molar-refractivity contribution in [1.29, 1.82) is 0 Å². The van der Waals surface area contributed by atoms with Crippen LogP contribution in [0.4, 0.5) is 14.5 Å². The molecule has 1 aliphatic heterocycles. The molecule has 0 spiro atoms. The quantitative estimate of drug-likeness (QED) is 0.522. The van der Waals surface area contributed by atoms with Crippen molar-refractivity contribution in [1.82, 2.24) is 5.32 Å². The second-order valence-corrected chi connectivity index (χ2v) is 4.52. The number of esters is 1. The fourth-order valence-electron chi connectivity index (χ4n) is 2.18. The van der Waals surface area contributed by atoms with Gasteiger partial charge in [-0.1, -0.05) is 0 Å². The van der Waals surface area contributed by atoms with Crippen LogP contribution in [-0.2, 0) is 4.74 Å². The number of alkyl halides is 2. The molecule has 1 aliphatic rings. The summed E-state index contributed by atoms with van der Waals surface area (Å²) in [5.74, 6) is -3.59. The fourth-order valence-corrected chi connectivity index (χ4v) is 2.18. The molecule has 2 rings (SSSR count). The van der Waals surface area contributed by atoms with E-state index in [1.165, 1.54) is 19.2 Å². The number of nitrogens with zero attached hydrogens (tertiary/aromatic N) is 1. The van der Waals surface area contributed by atoms with Crippen LogP contribution in [0, 0.1) is 10.1 Å². The van der Waals surface area contributed by atoms with E-state index in [0.29, 0.717) is 0 Å². The second kappa shape index (κ2) is 5.12. The summed E-state index contributed by atoms with van der Waals surface area (Å²) in [6.45, 7) is -0.544. The Morgan fingerprint density at radius 2 is 2.25 bits per heavy atom. The maximum atomic E-state index is 13.2. The number of nitrogens with one attached hydrogen (secondary N) is 1. The lowest BCUT2D eigenvalue weighted by molar-refractivity contribution is -0.385. The number of rotatable bonds is 3. The summed E-state index contributed by atoms with van der Waals surface area (Å²) in [7, 11) is 1.17. The van der Waals surface area contributed by atoms with Crippen LogP contribution in [-0.4, -0.2) is 30.5 Å². The molecular weight excluding hydrogens is 274 g/mol. The Balaban J connectivity index is 2.43. The van der Waals surface area contributed by atoms with Crippen molar-refractivity contribution in [3.63, 3.8) is 0 Å². The Hall–Kier alpha value is -2.09. The van der Waals surface area contributed by atoms with E-state index in [9.17, 15) is 23.7 Å². The first-order valence-corrected chi connectivity index (χ1v) is 5.82. The van der Waals surface area contributed by atoms with Gasteiger partial charge in [0.15, 0.2) is 0 Å². The van der Waals surface area contributed by atoms with Gasteiger partial charge in [0.25, 0.3) is 11.6 Å². The number of nitro benzene ring substituents is 1. The number of halogens is 2. The molecule has 20 heavy (non-hydrogen) atoms. The predicted molar refractivity (Wildman–Crippen MR) is 64.7 cm³/mol. The molecular formula is C12H12F2N2O4. The lowest BCUT2D eigenvalue weighted by atomic mass is 9.99. The minimum Gasteiger partial charge on any atom is -0.465 e. The van der Waals surface area contributed by atoms with E-state index < -0.39 is 35.8 Å². The summed E-state index contributed by atoms with van der Waals surface area (Å²) < 4.78 is 30.9. The number of benzene rings is 1. The number of ether oxygens (including phenoxy) is 1. The highest BCUT2D eigenvalue weighted by atomic mass is 19.3. The van der Waals surface area contributed by atoms with Crippen molar-refractivity contribution in [3.8, 4) is 0 Å². The molecule has 8 heteroatoms. The van der Waals surface area contributed by atoms with Crippen LogP contribution in [0.1, 0.15) is 28.4 Å². The molecule has 0 aliphatic carbocycles. The topological polar surface area (TPSA) is 81.5 Å². The van der Waals surface area contributed by atoms with Gasteiger partial charge in [-0.25, -0.2) is 13.6 Å². The first-order valence-electron chi connectivity index (χ1n) is 5.82. The van der Waals surface area contributed by atoms with Gasteiger partial charge >= 0.3 is 5.97 Å². The maximum Gasteiger partial charge on any atom is 0.337 e. The minimum absolute atomic E-state index is 0.0649. The molecule has 0 aromatic heterocycles. The highest BCUT2D eigenvalue weighted by Gasteiger charge is 2.42. The summed E-state index contributed by atoms with van der Waals surface area (Å²) >= 11 is 0. The van der Waals surface area contributed by atoms with E-state index in [4.69, 9.17) is 0 Å². The Morgan fingerprint density at radius 3 is 2.75 bits per heavy atom. The molecule has 0 radical (unpaired) electrons. The fraction of sp³-hybridized carbons (Fsp3) is 0.417. The van der Waals surface area contributed by atoms with Gasteiger partial charge in [-0.05, 0) is 12.1 Å². The van der Waals surface area contributed by atoms with Crippen molar-refractivity contribution in [2.45, 2.75) is 18.4 Å². The number of carbonyl (C=O) groups excluding carboxylic acids is 1. The third kappa shape index (κ3) is 2.74. The largest absolute Gasteiger partial charge is 0.465 e. The van der Waals surface area contributed by atoms with Gasteiger partial charge in [-0.3, -0.25) is 10.1 Å². The smallest absolute Gasteiger partial charge is 0.337 e. The van der Waals surface area contributed by atoms with Crippen LogP contribution >= 0.6 is 0 Å². The molecule has 6 nitrogen and oxygen atoms in total. The molecule has 0 saturated carbocycles. The van der Waals surface area contributed by atoms with Crippen molar-refractivity contribution in [2.24, 2.45) is 0 Å². The van der Waals surface area contributed by atoms with E-state index >= 15 is 0 Å². The number of methoxy groups -OCH3 is 1. The third-order valence-electron chi connectivity index (χ3n) is 3.13. The molecule has 1 unspecified atom stereocenters. The molecule has 1 aromatic carbocycles. The van der Waals surface area contributed by atoms with Crippen molar-refractivity contribution in [3.05, 3.63) is 39.4 Å². The van der Waals surface area contributed by atoms with E-state index in [1.54, 1.807) is 0 Å². The van der Waals surface area contributed by atoms with Crippen molar-refractivity contribution >= 4 is 11.7 Å². The average Bonchev–Trinajstić information content (AvgIpc) is 2.77. The van der Waals surface area contributed by atoms with Gasteiger partial charge < -0.3 is 10.1 Å². The average molecular weight is 286 g/mol. The zero-order chi connectivity index (χ0) is 14.9. The number of carbonyl (C=O) groups is 1. The Bertz CT molecular complexity index is 562. The van der Waals surface area contributed by atoms with Crippen LogP contribution in [0.3, 0.4) is 0 Å². The van der Waals surface area contributed by atoms with E-state index in [2.05, 4.69) is 10.1 Å². The van der Waals surface area contributed by atoms with Gasteiger partial charge in [0.2, 0.25) is 0 Å². The summed E-state index contributed by atoms with van der Waals surface area (Å²) in [5.41, 5.74) is -0.145. The third-order valence-corrected chi connectivity index (χ3v) is 3.13. The molecule has 1 aromatic rings. The van der Waals surface area contributed by atoms with Gasteiger partial charge in [-0.2, -0.15) is 0 Å². The standard InChI is InChI=1S/C12H12F2N2O4/c1-20-11(17)7-2-3-10(16(18)19)8(4-7)9-5-12(13,14)6-15-9/h2-4,9,15H,5-6H2,1H3. The van der Waals surface area contributed by atoms with E-state index in [1.807, 2.05) is 0 Å². The minimum atomic E-state index is -2.92. The molecule has 1 heterocycles. The SMILES string of the molecule is COC(=O)c1ccc([N+](=O)[O-])c(C2CC(F)(F)CN2)c1. The van der Waals surface area contributed by atoms with Gasteiger partial charge in [0.05, 0.1) is 24.1 Å². The summed E-state index contributed by atoms with van der Waals surface area (Å²) in [4.78, 5) is 21.7. The molecule has 0 amide bonds. The van der Waals surface area contributed by atoms with Crippen LogP contribution < -0.4 is 5.32 Å². The monoisotopic (exact) mass is 286 g/mol. The number of nitro groups is 1. The lowest BCUT2D eigenvalue weighted by Crippen LogP contribution is -2.19. The molecule has 1 N–H and O–H groups in total. The predicted octanol–water partition coefficient (Wildman–Crippen LogP) is 2.05.